The third-order valence-corrected chi connectivity index (χ3v) is 8.62. The van der Waals surface area contributed by atoms with Crippen LogP contribution in [0.3, 0.4) is 0 Å². The predicted octanol–water partition coefficient (Wildman–Crippen LogP) is 6.37. The number of thiophene rings is 1. The zero-order chi connectivity index (χ0) is 19.7. The molecule has 3 nitrogen and oxygen atoms in total. The Morgan fingerprint density at radius 2 is 1.64 bits per heavy atom. The molecule has 0 aliphatic heterocycles. The molecule has 0 spiro atoms. The van der Waals surface area contributed by atoms with Crippen molar-refractivity contribution < 1.29 is 8.42 Å². The van der Waals surface area contributed by atoms with E-state index in [1.807, 2.05) is 61.5 Å². The van der Waals surface area contributed by atoms with Crippen molar-refractivity contribution in [2.24, 2.45) is 0 Å². The molecule has 4 aromatic rings. The van der Waals surface area contributed by atoms with Gasteiger partial charge in [0.05, 0.1) is 15.9 Å². The van der Waals surface area contributed by atoms with Crippen molar-refractivity contribution in [3.05, 3.63) is 94.5 Å². The molecule has 0 aliphatic carbocycles. The third-order valence-electron chi connectivity index (χ3n) is 4.48. The first-order chi connectivity index (χ1) is 13.5. The van der Waals surface area contributed by atoms with Crippen LogP contribution in [0.2, 0.25) is 0 Å². The Balaban J connectivity index is 1.89. The predicted molar refractivity (Wildman–Crippen MR) is 121 cm³/mol. The van der Waals surface area contributed by atoms with Gasteiger partial charge < -0.3 is 0 Å². The highest BCUT2D eigenvalue weighted by Gasteiger charge is 2.29. The summed E-state index contributed by atoms with van der Waals surface area (Å²) >= 11 is 5.13. The molecule has 0 bridgehead atoms. The van der Waals surface area contributed by atoms with Crippen molar-refractivity contribution in [1.29, 1.82) is 0 Å². The maximum Gasteiger partial charge on any atom is 0.265 e. The first-order valence-corrected chi connectivity index (χ1v) is 11.8. The van der Waals surface area contributed by atoms with Crippen molar-refractivity contribution in [3.63, 3.8) is 0 Å². The highest BCUT2D eigenvalue weighted by Crippen LogP contribution is 2.44. The van der Waals surface area contributed by atoms with E-state index in [9.17, 15) is 8.42 Å². The van der Waals surface area contributed by atoms with Crippen molar-refractivity contribution in [2.45, 2.75) is 18.4 Å². The average Bonchev–Trinajstić information content (AvgIpc) is 3.03. The normalized spacial score (nSPS) is 11.6. The van der Waals surface area contributed by atoms with Crippen LogP contribution in [0.15, 0.2) is 88.2 Å². The summed E-state index contributed by atoms with van der Waals surface area (Å²) in [5, 5.41) is 1.70. The summed E-state index contributed by atoms with van der Waals surface area (Å²) in [4.78, 5) is 0.284. The molecule has 0 amide bonds. The zero-order valence-corrected chi connectivity index (χ0v) is 18.4. The molecule has 0 fully saturated rings. The van der Waals surface area contributed by atoms with E-state index in [1.165, 1.54) is 15.6 Å². The summed E-state index contributed by atoms with van der Waals surface area (Å²) in [5.74, 6) is 0. The van der Waals surface area contributed by atoms with E-state index in [-0.39, 0.29) is 11.4 Å². The number of halogens is 1. The van der Waals surface area contributed by atoms with Gasteiger partial charge in [0.2, 0.25) is 0 Å². The molecule has 0 radical (unpaired) electrons. The Kier molecular flexibility index (Phi) is 5.27. The van der Waals surface area contributed by atoms with Crippen LogP contribution < -0.4 is 4.31 Å². The third kappa shape index (κ3) is 3.60. The second-order valence-electron chi connectivity index (χ2n) is 6.53. The van der Waals surface area contributed by atoms with Gasteiger partial charge in [-0.15, -0.1) is 11.3 Å². The molecule has 0 unspecified atom stereocenters. The largest absolute Gasteiger partial charge is 0.265 e. The van der Waals surface area contributed by atoms with Crippen molar-refractivity contribution in [2.75, 3.05) is 4.31 Å². The van der Waals surface area contributed by atoms with Gasteiger partial charge in [-0.05, 0) is 46.6 Å². The Bertz CT molecular complexity index is 1230. The molecule has 3 aromatic carbocycles. The number of benzene rings is 3. The Morgan fingerprint density at radius 1 is 0.929 bits per heavy atom. The smallest absolute Gasteiger partial charge is 0.251 e. The molecule has 0 aliphatic rings. The summed E-state index contributed by atoms with van der Waals surface area (Å²) in [5.41, 5.74) is 2.05. The van der Waals surface area contributed by atoms with Gasteiger partial charge in [0, 0.05) is 10.1 Å². The maximum atomic E-state index is 13.6. The van der Waals surface area contributed by atoms with Crippen molar-refractivity contribution >= 4 is 52.4 Å². The molecule has 28 heavy (non-hydrogen) atoms. The Labute approximate surface area is 177 Å². The first-order valence-electron chi connectivity index (χ1n) is 8.77. The van der Waals surface area contributed by atoms with Crippen molar-refractivity contribution in [3.8, 4) is 0 Å². The van der Waals surface area contributed by atoms with Crippen LogP contribution >= 0.6 is 27.3 Å². The topological polar surface area (TPSA) is 37.4 Å². The summed E-state index contributed by atoms with van der Waals surface area (Å²) in [7, 11) is -3.72. The minimum Gasteiger partial charge on any atom is -0.251 e. The van der Waals surface area contributed by atoms with Gasteiger partial charge in [-0.3, -0.25) is 4.31 Å². The number of nitrogens with zero attached hydrogens (tertiary/aromatic N) is 1. The second kappa shape index (κ2) is 7.70. The van der Waals surface area contributed by atoms with Gasteiger partial charge in [-0.1, -0.05) is 66.2 Å². The number of hydrogen-bond acceptors (Lipinski definition) is 3. The van der Waals surface area contributed by atoms with Crippen LogP contribution in [0.25, 0.3) is 10.1 Å². The van der Waals surface area contributed by atoms with Crippen LogP contribution in [0.1, 0.15) is 11.1 Å². The van der Waals surface area contributed by atoms with E-state index in [0.717, 1.165) is 25.7 Å². The molecular weight excluding hydrogens is 454 g/mol. The van der Waals surface area contributed by atoms with Gasteiger partial charge in [0.1, 0.15) is 5.00 Å². The molecule has 0 atom stereocenters. The van der Waals surface area contributed by atoms with Gasteiger partial charge in [0.15, 0.2) is 0 Å². The molecule has 6 heteroatoms. The fraction of sp³-hybridized carbons (Fsp3) is 0.0909. The lowest BCUT2D eigenvalue weighted by molar-refractivity contribution is 0.590. The first kappa shape index (κ1) is 19.2. The van der Waals surface area contributed by atoms with Crippen LogP contribution in [0.5, 0.6) is 0 Å². The maximum absolute atomic E-state index is 13.6. The summed E-state index contributed by atoms with van der Waals surface area (Å²) in [6.45, 7) is 2.28. The quantitative estimate of drug-likeness (QED) is 0.339. The van der Waals surface area contributed by atoms with Crippen LogP contribution in [-0.2, 0) is 16.6 Å². The second-order valence-corrected chi connectivity index (χ2v) is 10.2. The lowest BCUT2D eigenvalue weighted by atomic mass is 10.1. The number of aryl methyl sites for hydroxylation is 1. The SMILES string of the molecule is Cc1cccc(CN(c2sc3ccccc3c2Br)S(=O)(=O)c2ccccc2)c1. The van der Waals surface area contributed by atoms with E-state index >= 15 is 0 Å². The number of anilines is 1. The van der Waals surface area contributed by atoms with E-state index in [1.54, 1.807) is 24.3 Å². The fourth-order valence-corrected chi connectivity index (χ4v) is 6.97. The fourth-order valence-electron chi connectivity index (χ4n) is 3.12. The molecular formula is C22H18BrNO2S2. The number of sulfonamides is 1. The summed E-state index contributed by atoms with van der Waals surface area (Å²) in [6.07, 6.45) is 0. The monoisotopic (exact) mass is 471 g/mol. The van der Waals surface area contributed by atoms with Gasteiger partial charge in [-0.2, -0.15) is 0 Å². The minimum absolute atomic E-state index is 0.268. The molecule has 0 saturated heterocycles. The number of fused-ring (bicyclic) bond motifs is 1. The Morgan fingerprint density at radius 3 is 2.36 bits per heavy atom. The molecule has 142 valence electrons. The van der Waals surface area contributed by atoms with Crippen LogP contribution in [0, 0.1) is 6.92 Å². The van der Waals surface area contributed by atoms with E-state index in [2.05, 4.69) is 15.9 Å². The van der Waals surface area contributed by atoms with Crippen LogP contribution in [0.4, 0.5) is 5.00 Å². The highest BCUT2D eigenvalue weighted by molar-refractivity contribution is 9.10. The molecule has 4 rings (SSSR count). The zero-order valence-electron chi connectivity index (χ0n) is 15.2. The molecule has 0 saturated carbocycles. The van der Waals surface area contributed by atoms with E-state index < -0.39 is 10.0 Å². The summed E-state index contributed by atoms with van der Waals surface area (Å²) < 4.78 is 30.5. The lowest BCUT2D eigenvalue weighted by Crippen LogP contribution is -2.30. The van der Waals surface area contributed by atoms with Gasteiger partial charge >= 0.3 is 0 Å². The molecule has 1 heterocycles. The summed E-state index contributed by atoms with van der Waals surface area (Å²) in [6, 6.07) is 24.5. The molecule has 0 N–H and O–H groups in total. The lowest BCUT2D eigenvalue weighted by Gasteiger charge is -2.24. The molecule has 1 aromatic heterocycles. The van der Waals surface area contributed by atoms with Gasteiger partial charge in [0.25, 0.3) is 10.0 Å². The Hall–Kier alpha value is -2.15. The number of rotatable bonds is 5. The standard InChI is InChI=1S/C22H18BrNO2S2/c1-16-8-7-9-17(14-16)15-24(28(25,26)18-10-3-2-4-11-18)22-21(23)19-12-5-6-13-20(19)27-22/h2-14H,15H2,1H3. The number of hydrogen-bond donors (Lipinski definition) is 0. The minimum atomic E-state index is -3.72. The van der Waals surface area contributed by atoms with E-state index in [0.29, 0.717) is 5.00 Å². The van der Waals surface area contributed by atoms with Crippen LogP contribution in [-0.4, -0.2) is 8.42 Å². The highest BCUT2D eigenvalue weighted by atomic mass is 79.9. The van der Waals surface area contributed by atoms with E-state index in [4.69, 9.17) is 0 Å². The van der Waals surface area contributed by atoms with Crippen molar-refractivity contribution in [1.82, 2.24) is 0 Å². The van der Waals surface area contributed by atoms with Gasteiger partial charge in [-0.25, -0.2) is 8.42 Å². The average molecular weight is 472 g/mol.